The van der Waals surface area contributed by atoms with Crippen LogP contribution in [0, 0.1) is 19.7 Å². The first-order valence-corrected chi connectivity index (χ1v) is 7.17. The van der Waals surface area contributed by atoms with Gasteiger partial charge in [-0.15, -0.1) is 0 Å². The van der Waals surface area contributed by atoms with Crippen molar-refractivity contribution in [1.82, 2.24) is 9.38 Å². The minimum absolute atomic E-state index is 0.0548. The normalized spacial score (nSPS) is 10.7. The SMILES string of the molecule is Cc1nc2ccc(NC(=O)COc3ccccc3F)cn2c1C. The zero-order chi connectivity index (χ0) is 16.4. The minimum Gasteiger partial charge on any atom is -0.481 e. The molecule has 0 unspecified atom stereocenters. The monoisotopic (exact) mass is 313 g/mol. The van der Waals surface area contributed by atoms with Crippen LogP contribution in [0.1, 0.15) is 11.4 Å². The number of imidazole rings is 1. The van der Waals surface area contributed by atoms with E-state index < -0.39 is 5.82 Å². The fourth-order valence-corrected chi connectivity index (χ4v) is 2.26. The first-order chi connectivity index (χ1) is 11.0. The lowest BCUT2D eigenvalue weighted by Gasteiger charge is -2.08. The second-order valence-corrected chi connectivity index (χ2v) is 5.20. The number of para-hydroxylation sites is 1. The van der Waals surface area contributed by atoms with E-state index in [1.165, 1.54) is 12.1 Å². The fourth-order valence-electron chi connectivity index (χ4n) is 2.26. The van der Waals surface area contributed by atoms with Gasteiger partial charge in [0.15, 0.2) is 18.2 Å². The van der Waals surface area contributed by atoms with Crippen molar-refractivity contribution in [2.24, 2.45) is 0 Å². The molecule has 0 aliphatic carbocycles. The number of hydrogen-bond donors (Lipinski definition) is 1. The molecule has 1 amide bonds. The third-order valence-electron chi connectivity index (χ3n) is 3.57. The number of aryl methyl sites for hydroxylation is 2. The van der Waals surface area contributed by atoms with E-state index in [0.717, 1.165) is 17.0 Å². The van der Waals surface area contributed by atoms with Crippen molar-refractivity contribution in [2.75, 3.05) is 11.9 Å². The fraction of sp³-hybridized carbons (Fsp3) is 0.176. The molecule has 1 aromatic carbocycles. The summed E-state index contributed by atoms with van der Waals surface area (Å²) in [5.41, 5.74) is 3.40. The predicted molar refractivity (Wildman–Crippen MR) is 85.2 cm³/mol. The number of fused-ring (bicyclic) bond motifs is 1. The lowest BCUT2D eigenvalue weighted by molar-refractivity contribution is -0.118. The highest BCUT2D eigenvalue weighted by Crippen LogP contribution is 2.17. The van der Waals surface area contributed by atoms with Crippen LogP contribution in [-0.4, -0.2) is 21.9 Å². The zero-order valence-electron chi connectivity index (χ0n) is 12.8. The molecule has 0 fully saturated rings. The van der Waals surface area contributed by atoms with Gasteiger partial charge < -0.3 is 14.5 Å². The van der Waals surface area contributed by atoms with Crippen LogP contribution < -0.4 is 10.1 Å². The molecule has 2 aromatic heterocycles. The summed E-state index contributed by atoms with van der Waals surface area (Å²) in [6.45, 7) is 3.63. The Morgan fingerprint density at radius 3 is 2.83 bits per heavy atom. The van der Waals surface area contributed by atoms with Gasteiger partial charge in [-0.1, -0.05) is 12.1 Å². The van der Waals surface area contributed by atoms with Crippen molar-refractivity contribution in [3.63, 3.8) is 0 Å². The van der Waals surface area contributed by atoms with Gasteiger partial charge in [-0.25, -0.2) is 9.37 Å². The lowest BCUT2D eigenvalue weighted by atomic mass is 10.3. The Morgan fingerprint density at radius 1 is 1.26 bits per heavy atom. The second-order valence-electron chi connectivity index (χ2n) is 5.20. The van der Waals surface area contributed by atoms with Crippen LogP contribution in [0.4, 0.5) is 10.1 Å². The Morgan fingerprint density at radius 2 is 2.04 bits per heavy atom. The summed E-state index contributed by atoms with van der Waals surface area (Å²) < 4.78 is 20.5. The van der Waals surface area contributed by atoms with Gasteiger partial charge in [0.2, 0.25) is 0 Å². The number of pyridine rings is 1. The average Bonchev–Trinajstić information content (AvgIpc) is 2.81. The molecular weight excluding hydrogens is 297 g/mol. The molecule has 6 heteroatoms. The Balaban J connectivity index is 1.68. The molecule has 3 rings (SSSR count). The quantitative estimate of drug-likeness (QED) is 0.805. The van der Waals surface area contributed by atoms with Crippen LogP contribution in [0.5, 0.6) is 5.75 Å². The van der Waals surface area contributed by atoms with Crippen molar-refractivity contribution in [1.29, 1.82) is 0 Å². The topological polar surface area (TPSA) is 55.6 Å². The van der Waals surface area contributed by atoms with Gasteiger partial charge in [-0.3, -0.25) is 4.79 Å². The Labute approximate surface area is 132 Å². The summed E-state index contributed by atoms with van der Waals surface area (Å²) >= 11 is 0. The Bertz CT molecular complexity index is 873. The van der Waals surface area contributed by atoms with Crippen molar-refractivity contribution in [3.8, 4) is 5.75 Å². The number of nitrogens with zero attached hydrogens (tertiary/aromatic N) is 2. The third kappa shape index (κ3) is 3.15. The molecule has 0 atom stereocenters. The summed E-state index contributed by atoms with van der Waals surface area (Å²) in [4.78, 5) is 16.3. The van der Waals surface area contributed by atoms with Gasteiger partial charge >= 0.3 is 0 Å². The zero-order valence-corrected chi connectivity index (χ0v) is 12.8. The van der Waals surface area contributed by atoms with E-state index in [4.69, 9.17) is 4.74 Å². The Kier molecular flexibility index (Phi) is 3.97. The van der Waals surface area contributed by atoms with Gasteiger partial charge in [-0.2, -0.15) is 0 Å². The summed E-state index contributed by atoms with van der Waals surface area (Å²) in [6, 6.07) is 9.56. The molecule has 1 N–H and O–H groups in total. The van der Waals surface area contributed by atoms with Crippen LogP contribution in [0.15, 0.2) is 42.6 Å². The van der Waals surface area contributed by atoms with E-state index in [9.17, 15) is 9.18 Å². The highest BCUT2D eigenvalue weighted by Gasteiger charge is 2.09. The van der Waals surface area contributed by atoms with Gasteiger partial charge in [0.25, 0.3) is 5.91 Å². The van der Waals surface area contributed by atoms with Gasteiger partial charge in [-0.05, 0) is 38.1 Å². The molecule has 118 valence electrons. The number of halogens is 1. The van der Waals surface area contributed by atoms with E-state index in [1.807, 2.05) is 24.3 Å². The number of carbonyl (C=O) groups is 1. The minimum atomic E-state index is -0.494. The molecular formula is C17H16FN3O2. The number of rotatable bonds is 4. The summed E-state index contributed by atoms with van der Waals surface area (Å²) in [6.07, 6.45) is 1.80. The lowest BCUT2D eigenvalue weighted by Crippen LogP contribution is -2.20. The molecule has 0 aliphatic heterocycles. The number of benzene rings is 1. The largest absolute Gasteiger partial charge is 0.481 e. The van der Waals surface area contributed by atoms with Gasteiger partial charge in [0.1, 0.15) is 5.65 Å². The van der Waals surface area contributed by atoms with Crippen LogP contribution in [0.25, 0.3) is 5.65 Å². The number of nitrogens with one attached hydrogen (secondary N) is 1. The number of hydrogen-bond acceptors (Lipinski definition) is 3. The van der Waals surface area contributed by atoms with Crippen LogP contribution in [0.2, 0.25) is 0 Å². The molecule has 0 aliphatic rings. The summed E-state index contributed by atoms with van der Waals surface area (Å²) in [5, 5.41) is 2.73. The summed E-state index contributed by atoms with van der Waals surface area (Å²) in [5.74, 6) is -0.799. The van der Waals surface area contributed by atoms with Crippen molar-refractivity contribution in [3.05, 3.63) is 59.8 Å². The van der Waals surface area contributed by atoms with E-state index in [1.54, 1.807) is 24.4 Å². The number of aromatic nitrogens is 2. The summed E-state index contributed by atoms with van der Waals surface area (Å²) in [7, 11) is 0. The number of anilines is 1. The first-order valence-electron chi connectivity index (χ1n) is 7.17. The number of ether oxygens (including phenoxy) is 1. The molecule has 0 spiro atoms. The van der Waals surface area contributed by atoms with Crippen molar-refractivity contribution >= 4 is 17.2 Å². The second kappa shape index (κ2) is 6.08. The molecule has 5 nitrogen and oxygen atoms in total. The number of amides is 1. The Hall–Kier alpha value is -2.89. The smallest absolute Gasteiger partial charge is 0.262 e. The highest BCUT2D eigenvalue weighted by molar-refractivity contribution is 5.91. The third-order valence-corrected chi connectivity index (χ3v) is 3.57. The van der Waals surface area contributed by atoms with E-state index in [0.29, 0.717) is 5.69 Å². The molecule has 0 saturated heterocycles. The molecule has 0 radical (unpaired) electrons. The van der Waals surface area contributed by atoms with Crippen LogP contribution in [-0.2, 0) is 4.79 Å². The standard InChI is InChI=1S/C17H16FN3O2/c1-11-12(2)21-9-13(7-8-16(21)19-11)20-17(22)10-23-15-6-4-3-5-14(15)18/h3-9H,10H2,1-2H3,(H,20,22). The van der Waals surface area contributed by atoms with Crippen LogP contribution >= 0.6 is 0 Å². The molecule has 0 bridgehead atoms. The maximum Gasteiger partial charge on any atom is 0.262 e. The molecule has 0 saturated carbocycles. The molecule has 3 aromatic rings. The average molecular weight is 313 g/mol. The van der Waals surface area contributed by atoms with E-state index >= 15 is 0 Å². The van der Waals surface area contributed by atoms with Crippen molar-refractivity contribution < 1.29 is 13.9 Å². The van der Waals surface area contributed by atoms with Crippen LogP contribution in [0.3, 0.4) is 0 Å². The van der Waals surface area contributed by atoms with Gasteiger partial charge in [0.05, 0.1) is 11.4 Å². The highest BCUT2D eigenvalue weighted by atomic mass is 19.1. The number of carbonyl (C=O) groups excluding carboxylic acids is 1. The van der Waals surface area contributed by atoms with E-state index in [2.05, 4.69) is 10.3 Å². The maximum absolute atomic E-state index is 13.4. The first kappa shape index (κ1) is 15.0. The molecule has 23 heavy (non-hydrogen) atoms. The predicted octanol–water partition coefficient (Wildman–Crippen LogP) is 3.11. The van der Waals surface area contributed by atoms with Crippen molar-refractivity contribution in [2.45, 2.75) is 13.8 Å². The van der Waals surface area contributed by atoms with E-state index in [-0.39, 0.29) is 18.3 Å². The van der Waals surface area contributed by atoms with Gasteiger partial charge in [0, 0.05) is 11.9 Å². The molecule has 2 heterocycles. The maximum atomic E-state index is 13.4.